The lowest BCUT2D eigenvalue weighted by Crippen LogP contribution is -2.26. The highest BCUT2D eigenvalue weighted by Gasteiger charge is 2.16. The first kappa shape index (κ1) is 17.9. The Balaban J connectivity index is 0.00000220. The van der Waals surface area contributed by atoms with Gasteiger partial charge in [-0.1, -0.05) is 15.9 Å². The molecule has 1 atom stereocenters. The van der Waals surface area contributed by atoms with Gasteiger partial charge >= 0.3 is 0 Å². The first-order valence-corrected chi connectivity index (χ1v) is 7.29. The molecular weight excluding hydrogens is 362 g/mol. The number of non-ortho nitro benzene ring substituents is 1. The second-order valence-electron chi connectivity index (χ2n) is 4.86. The van der Waals surface area contributed by atoms with Crippen molar-refractivity contribution in [3.8, 4) is 0 Å². The van der Waals surface area contributed by atoms with Crippen molar-refractivity contribution in [2.24, 2.45) is 5.92 Å². The first-order valence-electron chi connectivity index (χ1n) is 6.50. The van der Waals surface area contributed by atoms with E-state index >= 15 is 0 Å². The van der Waals surface area contributed by atoms with Crippen LogP contribution in [0.3, 0.4) is 0 Å². The molecule has 0 aliphatic carbocycles. The number of amides is 1. The van der Waals surface area contributed by atoms with Gasteiger partial charge in [0.05, 0.1) is 4.92 Å². The van der Waals surface area contributed by atoms with Crippen LogP contribution in [0.25, 0.3) is 0 Å². The van der Waals surface area contributed by atoms with Crippen LogP contribution in [-0.4, -0.2) is 30.5 Å². The summed E-state index contributed by atoms with van der Waals surface area (Å²) in [7, 11) is 0. The van der Waals surface area contributed by atoms with Crippen molar-refractivity contribution < 1.29 is 9.72 Å². The summed E-state index contributed by atoms with van der Waals surface area (Å²) in [6, 6.07) is 4.25. The molecule has 2 N–H and O–H groups in total. The van der Waals surface area contributed by atoms with Crippen molar-refractivity contribution in [2.45, 2.75) is 12.8 Å². The predicted molar refractivity (Wildman–Crippen MR) is 86.0 cm³/mol. The van der Waals surface area contributed by atoms with Crippen LogP contribution in [0.1, 0.15) is 23.2 Å². The lowest BCUT2D eigenvalue weighted by atomic mass is 10.1. The number of carbonyl (C=O) groups is 1. The molecule has 0 bridgehead atoms. The van der Waals surface area contributed by atoms with E-state index in [0.29, 0.717) is 22.5 Å². The molecule has 1 aliphatic rings. The highest BCUT2D eigenvalue weighted by atomic mass is 79.9. The Labute approximate surface area is 137 Å². The summed E-state index contributed by atoms with van der Waals surface area (Å²) in [5.41, 5.74) is 0.208. The molecule has 0 spiro atoms. The van der Waals surface area contributed by atoms with Crippen molar-refractivity contribution in [3.05, 3.63) is 38.3 Å². The highest BCUT2D eigenvalue weighted by molar-refractivity contribution is 9.10. The Morgan fingerprint density at radius 2 is 2.24 bits per heavy atom. The van der Waals surface area contributed by atoms with Crippen LogP contribution < -0.4 is 10.6 Å². The molecule has 1 aliphatic heterocycles. The zero-order valence-corrected chi connectivity index (χ0v) is 13.7. The molecule has 0 radical (unpaired) electrons. The SMILES string of the molecule is Cl.O=C(NCCC1CCNC1)c1cc(Br)cc([N+](=O)[O-])c1. The second-order valence-corrected chi connectivity index (χ2v) is 5.77. The van der Waals surface area contributed by atoms with Crippen molar-refractivity contribution in [3.63, 3.8) is 0 Å². The van der Waals surface area contributed by atoms with Gasteiger partial charge in [-0.05, 0) is 37.9 Å². The summed E-state index contributed by atoms with van der Waals surface area (Å²) in [6.45, 7) is 2.63. The molecule has 1 unspecified atom stereocenters. The third-order valence-corrected chi connectivity index (χ3v) is 3.81. The van der Waals surface area contributed by atoms with Crippen LogP contribution in [0.2, 0.25) is 0 Å². The van der Waals surface area contributed by atoms with Crippen molar-refractivity contribution in [1.82, 2.24) is 10.6 Å². The lowest BCUT2D eigenvalue weighted by Gasteiger charge is -2.09. The van der Waals surface area contributed by atoms with E-state index in [9.17, 15) is 14.9 Å². The monoisotopic (exact) mass is 377 g/mol. The molecule has 0 aromatic heterocycles. The largest absolute Gasteiger partial charge is 0.352 e. The topological polar surface area (TPSA) is 84.3 Å². The molecule has 116 valence electrons. The van der Waals surface area contributed by atoms with E-state index < -0.39 is 4.92 Å². The normalized spacial score (nSPS) is 17.1. The predicted octanol–water partition coefficient (Wildman–Crippen LogP) is 2.51. The molecule has 1 amide bonds. The number of nitrogens with one attached hydrogen (secondary N) is 2. The zero-order chi connectivity index (χ0) is 14.5. The van der Waals surface area contributed by atoms with Crippen LogP contribution in [0.4, 0.5) is 5.69 Å². The maximum Gasteiger partial charge on any atom is 0.271 e. The van der Waals surface area contributed by atoms with Gasteiger partial charge in [0, 0.05) is 28.7 Å². The maximum atomic E-state index is 12.0. The van der Waals surface area contributed by atoms with Crippen LogP contribution in [0, 0.1) is 16.0 Å². The van der Waals surface area contributed by atoms with Gasteiger partial charge in [0.1, 0.15) is 0 Å². The fraction of sp³-hybridized carbons (Fsp3) is 0.462. The summed E-state index contributed by atoms with van der Waals surface area (Å²) >= 11 is 3.18. The zero-order valence-electron chi connectivity index (χ0n) is 11.3. The molecular formula is C13H17BrClN3O3. The van der Waals surface area contributed by atoms with Gasteiger partial charge in [0.15, 0.2) is 0 Å². The Morgan fingerprint density at radius 3 is 2.86 bits per heavy atom. The maximum absolute atomic E-state index is 12.0. The van der Waals surface area contributed by atoms with Crippen molar-refractivity contribution in [1.29, 1.82) is 0 Å². The van der Waals surface area contributed by atoms with E-state index in [1.165, 1.54) is 12.1 Å². The molecule has 6 nitrogen and oxygen atoms in total. The van der Waals surface area contributed by atoms with E-state index in [1.807, 2.05) is 0 Å². The van der Waals surface area contributed by atoms with Gasteiger partial charge in [0.25, 0.3) is 11.6 Å². The van der Waals surface area contributed by atoms with Crippen molar-refractivity contribution in [2.75, 3.05) is 19.6 Å². The van der Waals surface area contributed by atoms with E-state index in [0.717, 1.165) is 25.9 Å². The minimum absolute atomic E-state index is 0. The number of carbonyl (C=O) groups excluding carboxylic acids is 1. The number of nitro groups is 1. The molecule has 1 fully saturated rings. The standard InChI is InChI=1S/C13H16BrN3O3.ClH/c14-11-5-10(6-12(7-11)17(19)20)13(18)16-4-2-9-1-3-15-8-9;/h5-7,9,15H,1-4,8H2,(H,16,18);1H. The van der Waals surface area contributed by atoms with Crippen LogP contribution in [-0.2, 0) is 0 Å². The lowest BCUT2D eigenvalue weighted by molar-refractivity contribution is -0.385. The molecule has 21 heavy (non-hydrogen) atoms. The quantitative estimate of drug-likeness (QED) is 0.609. The Morgan fingerprint density at radius 1 is 1.48 bits per heavy atom. The molecule has 8 heteroatoms. The van der Waals surface area contributed by atoms with Gasteiger partial charge in [-0.2, -0.15) is 0 Å². The number of hydrogen-bond acceptors (Lipinski definition) is 4. The van der Waals surface area contributed by atoms with Gasteiger partial charge in [-0.3, -0.25) is 14.9 Å². The number of rotatable bonds is 5. The first-order chi connectivity index (χ1) is 9.56. The van der Waals surface area contributed by atoms with Crippen LogP contribution >= 0.6 is 28.3 Å². The van der Waals surface area contributed by atoms with E-state index in [1.54, 1.807) is 6.07 Å². The van der Waals surface area contributed by atoms with Crippen LogP contribution in [0.5, 0.6) is 0 Å². The smallest absolute Gasteiger partial charge is 0.271 e. The number of nitrogens with zero attached hydrogens (tertiary/aromatic N) is 1. The number of hydrogen-bond donors (Lipinski definition) is 2. The molecule has 1 saturated heterocycles. The highest BCUT2D eigenvalue weighted by Crippen LogP contribution is 2.21. The van der Waals surface area contributed by atoms with Gasteiger partial charge < -0.3 is 10.6 Å². The van der Waals surface area contributed by atoms with Gasteiger partial charge in [-0.15, -0.1) is 12.4 Å². The summed E-state index contributed by atoms with van der Waals surface area (Å²) in [5, 5.41) is 16.8. The number of halogens is 2. The fourth-order valence-electron chi connectivity index (χ4n) is 2.26. The molecule has 1 heterocycles. The molecule has 2 rings (SSSR count). The Bertz CT molecular complexity index is 521. The average molecular weight is 379 g/mol. The van der Waals surface area contributed by atoms with E-state index in [2.05, 4.69) is 26.6 Å². The molecule has 1 aromatic carbocycles. The fourth-order valence-corrected chi connectivity index (χ4v) is 2.74. The summed E-state index contributed by atoms with van der Waals surface area (Å²) < 4.78 is 0.525. The second kappa shape index (κ2) is 8.31. The summed E-state index contributed by atoms with van der Waals surface area (Å²) in [5.74, 6) is 0.326. The molecule has 1 aromatic rings. The molecule has 0 saturated carbocycles. The minimum atomic E-state index is -0.508. The Kier molecular flexibility index (Phi) is 7.07. The summed E-state index contributed by atoms with van der Waals surface area (Å²) in [6.07, 6.45) is 2.06. The Hall–Kier alpha value is -1.18. The third-order valence-electron chi connectivity index (χ3n) is 3.36. The van der Waals surface area contributed by atoms with E-state index in [-0.39, 0.29) is 24.0 Å². The number of nitro benzene ring substituents is 1. The number of benzene rings is 1. The van der Waals surface area contributed by atoms with Crippen molar-refractivity contribution >= 4 is 39.9 Å². The average Bonchev–Trinajstić information content (AvgIpc) is 2.91. The van der Waals surface area contributed by atoms with E-state index in [4.69, 9.17) is 0 Å². The third kappa shape index (κ3) is 5.26. The minimum Gasteiger partial charge on any atom is -0.352 e. The van der Waals surface area contributed by atoms with Gasteiger partial charge in [-0.25, -0.2) is 0 Å². The van der Waals surface area contributed by atoms with Crippen LogP contribution in [0.15, 0.2) is 22.7 Å². The van der Waals surface area contributed by atoms with Gasteiger partial charge in [0.2, 0.25) is 0 Å². The summed E-state index contributed by atoms with van der Waals surface area (Å²) in [4.78, 5) is 22.2.